The Morgan fingerprint density at radius 1 is 0.962 bits per heavy atom. The van der Waals surface area contributed by atoms with E-state index in [9.17, 15) is 18.0 Å². The Hall–Kier alpha value is -2.25. The fraction of sp³-hybridized carbons (Fsp3) is 0.278. The van der Waals surface area contributed by atoms with Crippen LogP contribution in [0.3, 0.4) is 0 Å². The molecule has 0 aliphatic rings. The first-order chi connectivity index (χ1) is 11.8. The molecule has 0 radical (unpaired) electrons. The van der Waals surface area contributed by atoms with Gasteiger partial charge in [0.15, 0.2) is 0 Å². The Bertz CT molecular complexity index is 689. The van der Waals surface area contributed by atoms with Crippen LogP contribution in [0.5, 0.6) is 0 Å². The first-order valence-corrected chi connectivity index (χ1v) is 7.65. The van der Waals surface area contributed by atoms with E-state index in [1.807, 2.05) is 0 Å². The smallest absolute Gasteiger partial charge is 0.399 e. The van der Waals surface area contributed by atoms with Crippen molar-refractivity contribution in [3.8, 4) is 0 Å². The highest BCUT2D eigenvalue weighted by molar-refractivity contribution is 5.85. The van der Waals surface area contributed by atoms with E-state index >= 15 is 0 Å². The summed E-state index contributed by atoms with van der Waals surface area (Å²) in [6, 6.07) is 13.9. The fourth-order valence-corrected chi connectivity index (χ4v) is 2.12. The molecule has 3 N–H and O–H groups in total. The summed E-state index contributed by atoms with van der Waals surface area (Å²) in [5.41, 5.74) is 8.59. The summed E-state index contributed by atoms with van der Waals surface area (Å²) in [5, 5.41) is 2.79. The van der Waals surface area contributed by atoms with Crippen LogP contribution in [0.2, 0.25) is 0 Å². The molecule has 0 saturated carbocycles. The van der Waals surface area contributed by atoms with Gasteiger partial charge >= 0.3 is 6.18 Å². The maximum absolute atomic E-state index is 12.0. The fourth-order valence-electron chi connectivity index (χ4n) is 2.12. The van der Waals surface area contributed by atoms with Crippen molar-refractivity contribution >= 4 is 24.0 Å². The van der Waals surface area contributed by atoms with Crippen LogP contribution in [-0.4, -0.2) is 18.7 Å². The summed E-state index contributed by atoms with van der Waals surface area (Å²) in [6.45, 7) is -1.03. The molecule has 142 valence electrons. The Morgan fingerprint density at radius 3 is 2.08 bits per heavy atom. The molecule has 2 aromatic carbocycles. The number of nitrogens with one attached hydrogen (secondary N) is 1. The van der Waals surface area contributed by atoms with Gasteiger partial charge in [0.1, 0.15) is 6.61 Å². The second-order valence-corrected chi connectivity index (χ2v) is 5.62. The van der Waals surface area contributed by atoms with Crippen LogP contribution in [0.4, 0.5) is 18.9 Å². The maximum atomic E-state index is 12.0. The van der Waals surface area contributed by atoms with E-state index in [0.717, 1.165) is 11.1 Å². The Kier molecular flexibility index (Phi) is 8.41. The number of nitrogens with two attached hydrogens (primary N) is 1. The zero-order chi connectivity index (χ0) is 18.3. The molecule has 26 heavy (non-hydrogen) atoms. The summed E-state index contributed by atoms with van der Waals surface area (Å²) in [7, 11) is 0. The average molecular weight is 389 g/mol. The summed E-state index contributed by atoms with van der Waals surface area (Å²) in [5.74, 6) is -0.123. The van der Waals surface area contributed by atoms with E-state index in [0.29, 0.717) is 17.8 Å². The van der Waals surface area contributed by atoms with Crippen molar-refractivity contribution in [1.82, 2.24) is 5.32 Å². The van der Waals surface area contributed by atoms with Gasteiger partial charge < -0.3 is 15.8 Å². The van der Waals surface area contributed by atoms with E-state index in [4.69, 9.17) is 5.73 Å². The van der Waals surface area contributed by atoms with Gasteiger partial charge in [0, 0.05) is 12.2 Å². The molecule has 1 amide bonds. The number of carbonyl (C=O) groups is 1. The number of nitrogen functional groups attached to an aromatic ring is 1. The van der Waals surface area contributed by atoms with E-state index < -0.39 is 12.8 Å². The second kappa shape index (κ2) is 10.0. The predicted octanol–water partition coefficient (Wildman–Crippen LogP) is 3.63. The topological polar surface area (TPSA) is 64.4 Å². The van der Waals surface area contributed by atoms with Gasteiger partial charge in [-0.25, -0.2) is 0 Å². The lowest BCUT2D eigenvalue weighted by molar-refractivity contribution is -0.176. The second-order valence-electron chi connectivity index (χ2n) is 5.62. The van der Waals surface area contributed by atoms with Crippen LogP contribution in [0.25, 0.3) is 0 Å². The highest BCUT2D eigenvalue weighted by Crippen LogP contribution is 2.16. The van der Waals surface area contributed by atoms with Crippen molar-refractivity contribution in [2.45, 2.75) is 25.7 Å². The molecule has 0 aliphatic carbocycles. The molecule has 0 unspecified atom stereocenters. The number of anilines is 1. The molecule has 8 heteroatoms. The van der Waals surface area contributed by atoms with Crippen LogP contribution in [0, 0.1) is 0 Å². The van der Waals surface area contributed by atoms with E-state index in [2.05, 4.69) is 10.1 Å². The number of hydrogen-bond donors (Lipinski definition) is 2. The normalized spacial score (nSPS) is 10.9. The highest BCUT2D eigenvalue weighted by Gasteiger charge is 2.27. The van der Waals surface area contributed by atoms with Crippen LogP contribution in [-0.2, 0) is 29.1 Å². The molecule has 0 heterocycles. The SMILES string of the molecule is Cl.Nc1ccc(CC(=O)NCc2ccc(COCC(F)(F)F)cc2)cc1. The Balaban J connectivity index is 0.00000338. The largest absolute Gasteiger partial charge is 0.411 e. The van der Waals surface area contributed by atoms with Crippen molar-refractivity contribution in [3.63, 3.8) is 0 Å². The van der Waals surface area contributed by atoms with Gasteiger partial charge in [-0.2, -0.15) is 13.2 Å². The summed E-state index contributed by atoms with van der Waals surface area (Å²) < 4.78 is 40.6. The van der Waals surface area contributed by atoms with Gasteiger partial charge in [-0.05, 0) is 28.8 Å². The third-order valence-electron chi connectivity index (χ3n) is 3.39. The molecule has 0 aliphatic heterocycles. The molecular formula is C18H20ClF3N2O2. The van der Waals surface area contributed by atoms with Crippen molar-refractivity contribution in [2.24, 2.45) is 0 Å². The minimum absolute atomic E-state index is 0. The van der Waals surface area contributed by atoms with Crippen molar-refractivity contribution in [2.75, 3.05) is 12.3 Å². The molecule has 0 atom stereocenters. The van der Waals surface area contributed by atoms with Gasteiger partial charge in [-0.1, -0.05) is 36.4 Å². The summed E-state index contributed by atoms with van der Waals surface area (Å²) >= 11 is 0. The molecule has 0 spiro atoms. The molecule has 0 saturated heterocycles. The van der Waals surface area contributed by atoms with Gasteiger partial charge in [0.05, 0.1) is 13.0 Å². The summed E-state index contributed by atoms with van der Waals surface area (Å²) in [4.78, 5) is 11.9. The monoisotopic (exact) mass is 388 g/mol. The number of amides is 1. The number of benzene rings is 2. The molecule has 0 fully saturated rings. The highest BCUT2D eigenvalue weighted by atomic mass is 35.5. The number of carbonyl (C=O) groups excluding carboxylic acids is 1. The molecular weight excluding hydrogens is 369 g/mol. The van der Waals surface area contributed by atoms with Crippen molar-refractivity contribution in [3.05, 3.63) is 65.2 Å². The molecule has 0 bridgehead atoms. The first kappa shape index (κ1) is 21.8. The van der Waals surface area contributed by atoms with Gasteiger partial charge in [0.2, 0.25) is 5.91 Å². The van der Waals surface area contributed by atoms with E-state index in [1.165, 1.54) is 0 Å². The number of alkyl halides is 3. The number of hydrogen-bond acceptors (Lipinski definition) is 3. The maximum Gasteiger partial charge on any atom is 0.411 e. The first-order valence-electron chi connectivity index (χ1n) is 7.65. The molecule has 0 aromatic heterocycles. The zero-order valence-electron chi connectivity index (χ0n) is 13.9. The molecule has 2 aromatic rings. The van der Waals surface area contributed by atoms with Crippen LogP contribution in [0.15, 0.2) is 48.5 Å². The molecule has 4 nitrogen and oxygen atoms in total. The van der Waals surface area contributed by atoms with Crippen LogP contribution < -0.4 is 11.1 Å². The number of rotatable bonds is 7. The summed E-state index contributed by atoms with van der Waals surface area (Å²) in [6.07, 6.45) is -4.07. The van der Waals surface area contributed by atoms with Crippen LogP contribution in [0.1, 0.15) is 16.7 Å². The Labute approximate surface area is 155 Å². The lowest BCUT2D eigenvalue weighted by atomic mass is 10.1. The van der Waals surface area contributed by atoms with Crippen molar-refractivity contribution < 1.29 is 22.7 Å². The van der Waals surface area contributed by atoms with Gasteiger partial charge in [-0.3, -0.25) is 4.79 Å². The molecule has 2 rings (SSSR count). The predicted molar refractivity (Wildman–Crippen MR) is 95.8 cm³/mol. The average Bonchev–Trinajstić information content (AvgIpc) is 2.55. The quantitative estimate of drug-likeness (QED) is 0.712. The lowest BCUT2D eigenvalue weighted by Crippen LogP contribution is -2.24. The minimum atomic E-state index is -4.32. The Morgan fingerprint density at radius 2 is 1.50 bits per heavy atom. The third kappa shape index (κ3) is 8.22. The standard InChI is InChI=1S/C18H19F3N2O2.ClH/c19-18(20,21)12-25-11-15-3-1-14(2-4-15)10-23-17(24)9-13-5-7-16(22)8-6-13;/h1-8H,9-12,22H2,(H,23,24);1H. The van der Waals surface area contributed by atoms with Crippen LogP contribution >= 0.6 is 12.4 Å². The minimum Gasteiger partial charge on any atom is -0.399 e. The van der Waals surface area contributed by atoms with E-state index in [1.54, 1.807) is 48.5 Å². The van der Waals surface area contributed by atoms with Gasteiger partial charge in [-0.15, -0.1) is 12.4 Å². The van der Waals surface area contributed by atoms with Crippen molar-refractivity contribution in [1.29, 1.82) is 0 Å². The zero-order valence-corrected chi connectivity index (χ0v) is 14.7. The number of ether oxygens (including phenoxy) is 1. The number of halogens is 4. The lowest BCUT2D eigenvalue weighted by Gasteiger charge is -2.09. The van der Waals surface area contributed by atoms with Gasteiger partial charge in [0.25, 0.3) is 0 Å². The van der Waals surface area contributed by atoms with E-state index in [-0.39, 0.29) is 31.3 Å². The third-order valence-corrected chi connectivity index (χ3v) is 3.39.